The van der Waals surface area contributed by atoms with Crippen molar-refractivity contribution in [3.8, 4) is 0 Å². The van der Waals surface area contributed by atoms with Crippen LogP contribution in [0.1, 0.15) is 13.3 Å². The van der Waals surface area contributed by atoms with Crippen molar-refractivity contribution < 1.29 is 4.74 Å². The minimum Gasteiger partial charge on any atom is -0.370 e. The van der Waals surface area contributed by atoms with Gasteiger partial charge in [-0.1, -0.05) is 0 Å². The Bertz CT molecular complexity index is 74.9. The zero-order chi connectivity index (χ0) is 5.98. The smallest absolute Gasteiger partial charge is 0.0851 e. The van der Waals surface area contributed by atoms with E-state index in [1.165, 1.54) is 0 Å². The third-order valence-corrected chi connectivity index (χ3v) is 1.52. The highest BCUT2D eigenvalue weighted by Crippen LogP contribution is 2.23. The predicted molar refractivity (Wildman–Crippen MR) is 32.9 cm³/mol. The molecule has 2 atom stereocenters. The zero-order valence-electron chi connectivity index (χ0n) is 5.48. The molecule has 1 heterocycles. The summed E-state index contributed by atoms with van der Waals surface area (Å²) >= 11 is 0. The Morgan fingerprint density at radius 1 is 1.62 bits per heavy atom. The van der Waals surface area contributed by atoms with Gasteiger partial charge >= 0.3 is 0 Å². The van der Waals surface area contributed by atoms with E-state index in [0.717, 1.165) is 13.0 Å². The standard InChI is InChI=1S/C6H13NO/c1-5-6(8-5)3-4-7-2/h5-7H,3-4H2,1-2H3/t5-,6+/m1/s1. The van der Waals surface area contributed by atoms with Crippen LogP contribution in [0.2, 0.25) is 0 Å². The summed E-state index contributed by atoms with van der Waals surface area (Å²) in [6.45, 7) is 3.19. The molecule has 0 saturated carbocycles. The van der Waals surface area contributed by atoms with Gasteiger partial charge in [-0.05, 0) is 26.9 Å². The number of nitrogens with one attached hydrogen (secondary N) is 1. The van der Waals surface area contributed by atoms with Gasteiger partial charge in [0, 0.05) is 0 Å². The maximum absolute atomic E-state index is 5.18. The highest BCUT2D eigenvalue weighted by atomic mass is 16.6. The molecule has 2 heteroatoms. The molecule has 1 rings (SSSR count). The molecule has 0 amide bonds. The second-order valence-electron chi connectivity index (χ2n) is 2.27. The second-order valence-corrected chi connectivity index (χ2v) is 2.27. The van der Waals surface area contributed by atoms with Crippen LogP contribution in [-0.2, 0) is 4.74 Å². The Hall–Kier alpha value is -0.0800. The summed E-state index contributed by atoms with van der Waals surface area (Å²) in [5.74, 6) is 0. The van der Waals surface area contributed by atoms with Crippen LogP contribution in [0.4, 0.5) is 0 Å². The molecule has 1 N–H and O–H groups in total. The summed E-state index contributed by atoms with van der Waals surface area (Å²) in [6.07, 6.45) is 2.25. The van der Waals surface area contributed by atoms with Crippen molar-refractivity contribution >= 4 is 0 Å². The van der Waals surface area contributed by atoms with Crippen LogP contribution in [0.15, 0.2) is 0 Å². The van der Waals surface area contributed by atoms with Gasteiger partial charge < -0.3 is 10.1 Å². The average Bonchev–Trinajstić information content (AvgIpc) is 2.42. The molecule has 0 aromatic heterocycles. The van der Waals surface area contributed by atoms with Gasteiger partial charge in [-0.25, -0.2) is 0 Å². The molecule has 0 radical (unpaired) electrons. The van der Waals surface area contributed by atoms with E-state index in [9.17, 15) is 0 Å². The summed E-state index contributed by atoms with van der Waals surface area (Å²) in [7, 11) is 1.97. The van der Waals surface area contributed by atoms with Gasteiger partial charge in [0.25, 0.3) is 0 Å². The minimum absolute atomic E-state index is 0.531. The van der Waals surface area contributed by atoms with Crippen LogP contribution in [0, 0.1) is 0 Å². The summed E-state index contributed by atoms with van der Waals surface area (Å²) in [5, 5.41) is 3.08. The molecule has 1 saturated heterocycles. The fourth-order valence-corrected chi connectivity index (χ4v) is 0.820. The van der Waals surface area contributed by atoms with Crippen LogP contribution in [0.25, 0.3) is 0 Å². The lowest BCUT2D eigenvalue weighted by Gasteiger charge is -1.90. The summed E-state index contributed by atoms with van der Waals surface area (Å²) in [4.78, 5) is 0. The maximum atomic E-state index is 5.18. The SMILES string of the molecule is CNCC[C@@H]1O[C@@H]1C. The van der Waals surface area contributed by atoms with Crippen LogP contribution >= 0.6 is 0 Å². The molecule has 0 aromatic carbocycles. The Morgan fingerprint density at radius 2 is 2.25 bits per heavy atom. The molecule has 0 bridgehead atoms. The van der Waals surface area contributed by atoms with Crippen molar-refractivity contribution in [2.24, 2.45) is 0 Å². The van der Waals surface area contributed by atoms with Crippen molar-refractivity contribution in [2.75, 3.05) is 13.6 Å². The van der Waals surface area contributed by atoms with E-state index in [-0.39, 0.29) is 0 Å². The fourth-order valence-electron chi connectivity index (χ4n) is 0.820. The molecule has 0 aromatic rings. The number of hydrogen-bond donors (Lipinski definition) is 1. The molecular formula is C6H13NO. The van der Waals surface area contributed by atoms with Crippen LogP contribution in [-0.4, -0.2) is 25.8 Å². The first-order valence-electron chi connectivity index (χ1n) is 3.14. The minimum atomic E-state index is 0.531. The molecule has 1 aliphatic rings. The topological polar surface area (TPSA) is 24.6 Å². The van der Waals surface area contributed by atoms with Crippen molar-refractivity contribution in [1.82, 2.24) is 5.32 Å². The van der Waals surface area contributed by atoms with Gasteiger partial charge in [0.15, 0.2) is 0 Å². The normalized spacial score (nSPS) is 35.2. The van der Waals surface area contributed by atoms with Crippen LogP contribution in [0.5, 0.6) is 0 Å². The van der Waals surface area contributed by atoms with E-state index in [1.54, 1.807) is 0 Å². The first kappa shape index (κ1) is 6.05. The molecule has 0 aliphatic carbocycles. The quantitative estimate of drug-likeness (QED) is 0.538. The van der Waals surface area contributed by atoms with Crippen molar-refractivity contribution in [3.05, 3.63) is 0 Å². The zero-order valence-corrected chi connectivity index (χ0v) is 5.48. The Balaban J connectivity index is 1.89. The fraction of sp³-hybridized carbons (Fsp3) is 1.00. The van der Waals surface area contributed by atoms with Gasteiger partial charge in [-0.2, -0.15) is 0 Å². The Labute approximate surface area is 50.2 Å². The number of hydrogen-bond acceptors (Lipinski definition) is 2. The van der Waals surface area contributed by atoms with E-state index >= 15 is 0 Å². The summed E-state index contributed by atoms with van der Waals surface area (Å²) < 4.78 is 5.18. The van der Waals surface area contributed by atoms with Crippen molar-refractivity contribution in [1.29, 1.82) is 0 Å². The summed E-state index contributed by atoms with van der Waals surface area (Å²) in [6, 6.07) is 0. The molecule has 2 nitrogen and oxygen atoms in total. The van der Waals surface area contributed by atoms with E-state index in [1.807, 2.05) is 7.05 Å². The molecule has 48 valence electrons. The number of ether oxygens (including phenoxy) is 1. The maximum Gasteiger partial charge on any atom is 0.0851 e. The first-order valence-corrected chi connectivity index (χ1v) is 3.14. The van der Waals surface area contributed by atoms with Gasteiger partial charge in [-0.3, -0.25) is 0 Å². The van der Waals surface area contributed by atoms with E-state index in [4.69, 9.17) is 4.74 Å². The molecule has 8 heavy (non-hydrogen) atoms. The molecule has 1 fully saturated rings. The highest BCUT2D eigenvalue weighted by Gasteiger charge is 2.32. The highest BCUT2D eigenvalue weighted by molar-refractivity contribution is 4.80. The second kappa shape index (κ2) is 2.46. The van der Waals surface area contributed by atoms with Gasteiger partial charge in [0.1, 0.15) is 0 Å². The lowest BCUT2D eigenvalue weighted by molar-refractivity contribution is 0.369. The van der Waals surface area contributed by atoms with Crippen molar-refractivity contribution in [3.63, 3.8) is 0 Å². The van der Waals surface area contributed by atoms with Crippen LogP contribution in [0.3, 0.4) is 0 Å². The lowest BCUT2D eigenvalue weighted by Crippen LogP contribution is -2.10. The van der Waals surface area contributed by atoms with Crippen molar-refractivity contribution in [2.45, 2.75) is 25.6 Å². The molecular weight excluding hydrogens is 102 g/mol. The third-order valence-electron chi connectivity index (χ3n) is 1.52. The average molecular weight is 115 g/mol. The first-order chi connectivity index (χ1) is 3.84. The third kappa shape index (κ3) is 1.46. The monoisotopic (exact) mass is 115 g/mol. The van der Waals surface area contributed by atoms with E-state index in [0.29, 0.717) is 12.2 Å². The number of rotatable bonds is 3. The largest absolute Gasteiger partial charge is 0.370 e. The van der Waals surface area contributed by atoms with E-state index in [2.05, 4.69) is 12.2 Å². The Kier molecular flexibility index (Phi) is 1.86. The van der Waals surface area contributed by atoms with Gasteiger partial charge in [0.2, 0.25) is 0 Å². The molecule has 0 unspecified atom stereocenters. The lowest BCUT2D eigenvalue weighted by atomic mass is 10.2. The van der Waals surface area contributed by atoms with Gasteiger partial charge in [-0.15, -0.1) is 0 Å². The summed E-state index contributed by atoms with van der Waals surface area (Å²) in [5.41, 5.74) is 0. The predicted octanol–water partition coefficient (Wildman–Crippen LogP) is 0.383. The van der Waals surface area contributed by atoms with Gasteiger partial charge in [0.05, 0.1) is 12.2 Å². The van der Waals surface area contributed by atoms with Crippen LogP contribution < -0.4 is 5.32 Å². The van der Waals surface area contributed by atoms with E-state index < -0.39 is 0 Å². The molecule has 0 spiro atoms. The number of epoxide rings is 1. The Morgan fingerprint density at radius 3 is 2.62 bits per heavy atom. The molecule has 1 aliphatic heterocycles.